The minimum absolute atomic E-state index is 0.124. The van der Waals surface area contributed by atoms with Crippen LogP contribution >= 0.6 is 0 Å². The zero-order valence-electron chi connectivity index (χ0n) is 8.51. The Morgan fingerprint density at radius 3 is 2.81 bits per heavy atom. The Hall–Kier alpha value is -1.05. The molecule has 88 valence electrons. The van der Waals surface area contributed by atoms with Gasteiger partial charge in [0, 0.05) is 25.3 Å². The van der Waals surface area contributed by atoms with Crippen molar-refractivity contribution in [3.63, 3.8) is 0 Å². The summed E-state index contributed by atoms with van der Waals surface area (Å²) in [5.41, 5.74) is 5.63. The second-order valence-electron chi connectivity index (χ2n) is 3.75. The van der Waals surface area contributed by atoms with Gasteiger partial charge in [-0.15, -0.1) is 0 Å². The molecule has 0 saturated carbocycles. The minimum atomic E-state index is -3.64. The minimum Gasteiger partial charge on any atom is -0.326 e. The highest BCUT2D eigenvalue weighted by molar-refractivity contribution is 7.89. The van der Waals surface area contributed by atoms with E-state index in [1.807, 2.05) is 0 Å². The third-order valence-electron chi connectivity index (χ3n) is 2.51. The molecule has 0 aliphatic carbocycles. The fraction of sp³-hybridized carbons (Fsp3) is 0.444. The van der Waals surface area contributed by atoms with E-state index in [0.29, 0.717) is 13.0 Å². The maximum absolute atomic E-state index is 12.9. The topological polar surface area (TPSA) is 76.3 Å². The van der Waals surface area contributed by atoms with Gasteiger partial charge in [0.2, 0.25) is 10.0 Å². The van der Waals surface area contributed by atoms with Gasteiger partial charge in [-0.3, -0.25) is 4.98 Å². The molecule has 0 aromatic carbocycles. The molecule has 0 radical (unpaired) electrons. The van der Waals surface area contributed by atoms with Gasteiger partial charge in [0.25, 0.3) is 0 Å². The van der Waals surface area contributed by atoms with E-state index < -0.39 is 15.8 Å². The fourth-order valence-corrected chi connectivity index (χ4v) is 3.14. The molecule has 1 atom stereocenters. The van der Waals surface area contributed by atoms with Crippen molar-refractivity contribution in [3.8, 4) is 0 Å². The van der Waals surface area contributed by atoms with Gasteiger partial charge in [-0.25, -0.2) is 12.8 Å². The molecule has 16 heavy (non-hydrogen) atoms. The Kier molecular flexibility index (Phi) is 2.92. The van der Waals surface area contributed by atoms with E-state index in [1.54, 1.807) is 0 Å². The molecule has 1 aliphatic rings. The largest absolute Gasteiger partial charge is 0.326 e. The number of rotatable bonds is 2. The number of pyridine rings is 1. The molecule has 5 nitrogen and oxygen atoms in total. The first-order valence-electron chi connectivity index (χ1n) is 4.86. The zero-order chi connectivity index (χ0) is 11.8. The van der Waals surface area contributed by atoms with Crippen molar-refractivity contribution in [2.75, 3.05) is 13.1 Å². The van der Waals surface area contributed by atoms with Crippen LogP contribution in [-0.4, -0.2) is 36.8 Å². The first-order valence-corrected chi connectivity index (χ1v) is 6.30. The highest BCUT2D eigenvalue weighted by Crippen LogP contribution is 2.19. The standard InChI is InChI=1S/C9H12FN3O2S/c10-7-3-9(5-12-4-7)16(14,15)13-2-1-8(11)6-13/h3-5,8H,1-2,6,11H2/t8-/m1/s1. The van der Waals surface area contributed by atoms with E-state index in [4.69, 9.17) is 5.73 Å². The number of halogens is 1. The van der Waals surface area contributed by atoms with Gasteiger partial charge in [-0.1, -0.05) is 0 Å². The molecule has 7 heteroatoms. The SMILES string of the molecule is N[C@@H]1CCN(S(=O)(=O)c2cncc(F)c2)C1. The highest BCUT2D eigenvalue weighted by Gasteiger charge is 2.31. The van der Waals surface area contributed by atoms with Gasteiger partial charge in [0.15, 0.2) is 0 Å². The summed E-state index contributed by atoms with van der Waals surface area (Å²) in [6, 6.07) is 0.822. The molecule has 1 fully saturated rings. The van der Waals surface area contributed by atoms with Crippen LogP contribution in [-0.2, 0) is 10.0 Å². The van der Waals surface area contributed by atoms with Crippen molar-refractivity contribution in [3.05, 3.63) is 24.3 Å². The van der Waals surface area contributed by atoms with Crippen LogP contribution in [0.4, 0.5) is 4.39 Å². The van der Waals surface area contributed by atoms with Crippen LogP contribution < -0.4 is 5.73 Å². The second-order valence-corrected chi connectivity index (χ2v) is 5.69. The van der Waals surface area contributed by atoms with Crippen molar-refractivity contribution in [1.82, 2.24) is 9.29 Å². The Morgan fingerprint density at radius 2 is 2.25 bits per heavy atom. The number of nitrogens with two attached hydrogens (primary N) is 1. The van der Waals surface area contributed by atoms with Crippen LogP contribution in [0.3, 0.4) is 0 Å². The van der Waals surface area contributed by atoms with Crippen molar-refractivity contribution in [1.29, 1.82) is 0 Å². The van der Waals surface area contributed by atoms with Gasteiger partial charge in [0.1, 0.15) is 10.7 Å². The van der Waals surface area contributed by atoms with Crippen LogP contribution in [0.25, 0.3) is 0 Å². The molecule has 0 unspecified atom stereocenters. The maximum Gasteiger partial charge on any atom is 0.244 e. The van der Waals surface area contributed by atoms with E-state index in [9.17, 15) is 12.8 Å². The molecule has 2 N–H and O–H groups in total. The quantitative estimate of drug-likeness (QED) is 0.792. The van der Waals surface area contributed by atoms with E-state index in [1.165, 1.54) is 4.31 Å². The summed E-state index contributed by atoms with van der Waals surface area (Å²) in [5.74, 6) is -0.662. The van der Waals surface area contributed by atoms with Crippen LogP contribution in [0.2, 0.25) is 0 Å². The van der Waals surface area contributed by atoms with Crippen LogP contribution in [0.15, 0.2) is 23.4 Å². The summed E-state index contributed by atoms with van der Waals surface area (Å²) in [7, 11) is -3.64. The summed E-state index contributed by atoms with van der Waals surface area (Å²) < 4.78 is 38.1. The molecule has 2 rings (SSSR count). The smallest absolute Gasteiger partial charge is 0.244 e. The summed E-state index contributed by atoms with van der Waals surface area (Å²) in [5, 5.41) is 0. The van der Waals surface area contributed by atoms with Gasteiger partial charge in [0.05, 0.1) is 6.20 Å². The van der Waals surface area contributed by atoms with Crippen molar-refractivity contribution in [2.24, 2.45) is 5.73 Å². The lowest BCUT2D eigenvalue weighted by Gasteiger charge is -2.15. The number of hydrogen-bond acceptors (Lipinski definition) is 4. The molecule has 1 aromatic rings. The first kappa shape index (κ1) is 11.4. The molecular weight excluding hydrogens is 233 g/mol. The number of aromatic nitrogens is 1. The molecule has 2 heterocycles. The Bertz CT molecular complexity index is 491. The van der Waals surface area contributed by atoms with Crippen molar-refractivity contribution < 1.29 is 12.8 Å². The van der Waals surface area contributed by atoms with Gasteiger partial charge in [-0.05, 0) is 12.5 Å². The lowest BCUT2D eigenvalue weighted by Crippen LogP contribution is -2.32. The number of nitrogens with zero attached hydrogens (tertiary/aromatic N) is 2. The van der Waals surface area contributed by atoms with Gasteiger partial charge >= 0.3 is 0 Å². The maximum atomic E-state index is 12.9. The molecule has 0 amide bonds. The summed E-state index contributed by atoms with van der Waals surface area (Å²) in [6.45, 7) is 0.652. The summed E-state index contributed by atoms with van der Waals surface area (Å²) >= 11 is 0. The predicted octanol–water partition coefficient (Wildman–Crippen LogP) is -0.0576. The van der Waals surface area contributed by atoms with Crippen LogP contribution in [0.5, 0.6) is 0 Å². The first-order chi connectivity index (χ1) is 7.50. The molecule has 1 saturated heterocycles. The zero-order valence-corrected chi connectivity index (χ0v) is 9.32. The highest BCUT2D eigenvalue weighted by atomic mass is 32.2. The average Bonchev–Trinajstić information content (AvgIpc) is 2.65. The van der Waals surface area contributed by atoms with E-state index in [2.05, 4.69) is 4.98 Å². The Labute approximate surface area is 93.1 Å². The molecule has 1 aromatic heterocycles. The third kappa shape index (κ3) is 2.06. The summed E-state index contributed by atoms with van der Waals surface area (Å²) in [6.07, 6.45) is 2.74. The molecular formula is C9H12FN3O2S. The number of sulfonamides is 1. The summed E-state index contributed by atoms with van der Waals surface area (Å²) in [4.78, 5) is 3.41. The molecule has 0 spiro atoms. The van der Waals surface area contributed by atoms with Crippen molar-refractivity contribution in [2.45, 2.75) is 17.4 Å². The number of hydrogen-bond donors (Lipinski definition) is 1. The normalized spacial score (nSPS) is 22.5. The van der Waals surface area contributed by atoms with Crippen molar-refractivity contribution >= 4 is 10.0 Å². The van der Waals surface area contributed by atoms with E-state index in [-0.39, 0.29) is 17.5 Å². The second kappa shape index (κ2) is 4.08. The molecule has 0 bridgehead atoms. The Balaban J connectivity index is 2.32. The lowest BCUT2D eigenvalue weighted by molar-refractivity contribution is 0.471. The lowest BCUT2D eigenvalue weighted by atomic mass is 10.3. The van der Waals surface area contributed by atoms with E-state index in [0.717, 1.165) is 18.5 Å². The fourth-order valence-electron chi connectivity index (χ4n) is 1.65. The van der Waals surface area contributed by atoms with Gasteiger partial charge < -0.3 is 5.73 Å². The van der Waals surface area contributed by atoms with Crippen LogP contribution in [0.1, 0.15) is 6.42 Å². The van der Waals surface area contributed by atoms with E-state index >= 15 is 0 Å². The predicted molar refractivity (Wildman–Crippen MR) is 55.5 cm³/mol. The van der Waals surface area contributed by atoms with Gasteiger partial charge in [-0.2, -0.15) is 4.31 Å². The molecule has 1 aliphatic heterocycles. The Morgan fingerprint density at radius 1 is 1.50 bits per heavy atom. The third-order valence-corrected chi connectivity index (χ3v) is 4.34. The monoisotopic (exact) mass is 245 g/mol. The average molecular weight is 245 g/mol. The van der Waals surface area contributed by atoms with Crippen LogP contribution in [0, 0.1) is 5.82 Å².